The predicted octanol–water partition coefficient (Wildman–Crippen LogP) is 2.93. The summed E-state index contributed by atoms with van der Waals surface area (Å²) in [5.41, 5.74) is 5.04. The number of H-pyrrole nitrogens is 1. The van der Waals surface area contributed by atoms with Crippen LogP contribution < -0.4 is 5.56 Å². The van der Waals surface area contributed by atoms with E-state index < -0.39 is 0 Å². The molecule has 0 amide bonds. The summed E-state index contributed by atoms with van der Waals surface area (Å²) in [6.45, 7) is 2.09. The highest BCUT2D eigenvalue weighted by molar-refractivity contribution is 5.79. The van der Waals surface area contributed by atoms with Crippen LogP contribution in [0, 0.1) is 0 Å². The maximum Gasteiger partial charge on any atom is 0.248 e. The number of ether oxygens (including phenoxy) is 1. The molecule has 1 aliphatic rings. The minimum Gasteiger partial charge on any atom is -0.381 e. The minimum absolute atomic E-state index is 0.107. The number of fused-ring (bicyclic) bond motifs is 2. The Kier molecular flexibility index (Phi) is 4.53. The van der Waals surface area contributed by atoms with Crippen LogP contribution in [0.3, 0.4) is 0 Å². The second-order valence-corrected chi connectivity index (χ2v) is 8.08. The first-order valence-corrected chi connectivity index (χ1v) is 10.7. The van der Waals surface area contributed by atoms with Gasteiger partial charge in [0.2, 0.25) is 5.56 Å². The van der Waals surface area contributed by atoms with Crippen LogP contribution in [0.15, 0.2) is 59.7 Å². The standard InChI is InChI=1S/C23H21N7O2/c31-22-6-2-16-11-15(1-3-19(16)25-22)13-30-23-21(27-28-30)5-4-20(26-23)17-12-24-29(14-17)18-7-9-32-10-8-18/h1-6,11-12,14,18H,7-10,13H2,(H,25,31). The van der Waals surface area contributed by atoms with Crippen LogP contribution in [0.25, 0.3) is 33.3 Å². The lowest BCUT2D eigenvalue weighted by atomic mass is 10.1. The predicted molar refractivity (Wildman–Crippen MR) is 119 cm³/mol. The molecule has 9 nitrogen and oxygen atoms in total. The molecule has 5 aromatic rings. The summed E-state index contributed by atoms with van der Waals surface area (Å²) >= 11 is 0. The van der Waals surface area contributed by atoms with Gasteiger partial charge in [-0.25, -0.2) is 9.67 Å². The fourth-order valence-corrected chi connectivity index (χ4v) is 4.22. The number of nitrogens with zero attached hydrogens (tertiary/aromatic N) is 6. The minimum atomic E-state index is -0.107. The first-order valence-electron chi connectivity index (χ1n) is 10.7. The van der Waals surface area contributed by atoms with Crippen molar-refractivity contribution in [2.24, 2.45) is 0 Å². The van der Waals surface area contributed by atoms with Crippen LogP contribution in [-0.4, -0.2) is 48.0 Å². The molecule has 160 valence electrons. The summed E-state index contributed by atoms with van der Waals surface area (Å²) in [5, 5.41) is 14.1. The van der Waals surface area contributed by atoms with Crippen molar-refractivity contribution in [2.45, 2.75) is 25.4 Å². The van der Waals surface area contributed by atoms with Crippen molar-refractivity contribution in [1.29, 1.82) is 0 Å². The van der Waals surface area contributed by atoms with Crippen molar-refractivity contribution >= 4 is 22.1 Å². The van der Waals surface area contributed by atoms with Gasteiger partial charge in [-0.05, 0) is 54.1 Å². The van der Waals surface area contributed by atoms with Crippen LogP contribution in [0.5, 0.6) is 0 Å². The van der Waals surface area contributed by atoms with Crippen molar-refractivity contribution in [3.8, 4) is 11.3 Å². The van der Waals surface area contributed by atoms with Gasteiger partial charge in [0.1, 0.15) is 5.52 Å². The number of hydrogen-bond donors (Lipinski definition) is 1. The second-order valence-electron chi connectivity index (χ2n) is 8.08. The van der Waals surface area contributed by atoms with Crippen LogP contribution in [-0.2, 0) is 11.3 Å². The SMILES string of the molecule is O=c1ccc2cc(Cn3nnc4ccc(-c5cnn(C6CCOCC6)c5)nc43)ccc2[nH]1. The lowest BCUT2D eigenvalue weighted by Gasteiger charge is -2.22. The Morgan fingerprint density at radius 1 is 1.09 bits per heavy atom. The molecule has 9 heteroatoms. The quantitative estimate of drug-likeness (QED) is 0.473. The van der Waals surface area contributed by atoms with Crippen molar-refractivity contribution in [1.82, 2.24) is 34.7 Å². The number of nitrogens with one attached hydrogen (secondary N) is 1. The van der Waals surface area contributed by atoms with E-state index in [0.717, 1.165) is 64.9 Å². The summed E-state index contributed by atoms with van der Waals surface area (Å²) in [6.07, 6.45) is 5.87. The van der Waals surface area contributed by atoms with E-state index in [1.165, 1.54) is 6.07 Å². The maximum absolute atomic E-state index is 11.5. The van der Waals surface area contributed by atoms with Crippen molar-refractivity contribution in [3.63, 3.8) is 0 Å². The van der Waals surface area contributed by atoms with E-state index in [0.29, 0.717) is 12.6 Å². The Labute approximate surface area is 182 Å². The molecular formula is C23H21N7O2. The highest BCUT2D eigenvalue weighted by atomic mass is 16.5. The second kappa shape index (κ2) is 7.69. The van der Waals surface area contributed by atoms with E-state index >= 15 is 0 Å². The van der Waals surface area contributed by atoms with Crippen LogP contribution in [0.4, 0.5) is 0 Å². The largest absolute Gasteiger partial charge is 0.381 e. The normalized spacial score (nSPS) is 15.0. The highest BCUT2D eigenvalue weighted by Gasteiger charge is 2.17. The smallest absolute Gasteiger partial charge is 0.248 e. The van der Waals surface area contributed by atoms with E-state index in [2.05, 4.69) is 26.6 Å². The number of rotatable bonds is 4. The van der Waals surface area contributed by atoms with E-state index in [-0.39, 0.29) is 5.56 Å². The number of benzene rings is 1. The van der Waals surface area contributed by atoms with Gasteiger partial charge in [0.05, 0.1) is 24.5 Å². The summed E-state index contributed by atoms with van der Waals surface area (Å²) in [5.74, 6) is 0. The van der Waals surface area contributed by atoms with Gasteiger partial charge in [-0.15, -0.1) is 5.10 Å². The molecule has 0 saturated carbocycles. The molecule has 0 aliphatic carbocycles. The van der Waals surface area contributed by atoms with Crippen LogP contribution >= 0.6 is 0 Å². The Balaban J connectivity index is 1.31. The molecule has 0 atom stereocenters. The third-order valence-electron chi connectivity index (χ3n) is 5.94. The van der Waals surface area contributed by atoms with Gasteiger partial charge in [-0.1, -0.05) is 11.3 Å². The average Bonchev–Trinajstić information content (AvgIpc) is 3.47. The molecule has 5 heterocycles. The van der Waals surface area contributed by atoms with Gasteiger partial charge in [-0.2, -0.15) is 5.10 Å². The summed E-state index contributed by atoms with van der Waals surface area (Å²) in [4.78, 5) is 19.2. The molecular weight excluding hydrogens is 406 g/mol. The lowest BCUT2D eigenvalue weighted by molar-refractivity contribution is 0.0662. The monoisotopic (exact) mass is 427 g/mol. The van der Waals surface area contributed by atoms with Gasteiger partial charge in [-0.3, -0.25) is 9.48 Å². The Morgan fingerprint density at radius 3 is 2.91 bits per heavy atom. The van der Waals surface area contributed by atoms with Crippen molar-refractivity contribution in [2.75, 3.05) is 13.2 Å². The van der Waals surface area contributed by atoms with Crippen LogP contribution in [0.1, 0.15) is 24.4 Å². The molecule has 6 rings (SSSR count). The zero-order valence-electron chi connectivity index (χ0n) is 17.3. The topological polar surface area (TPSA) is 104 Å². The van der Waals surface area contributed by atoms with E-state index in [4.69, 9.17) is 9.72 Å². The van der Waals surface area contributed by atoms with E-state index in [1.54, 1.807) is 4.68 Å². The summed E-state index contributed by atoms with van der Waals surface area (Å²) < 4.78 is 9.28. The Hall–Kier alpha value is -3.85. The van der Waals surface area contributed by atoms with Gasteiger partial charge in [0.25, 0.3) is 0 Å². The van der Waals surface area contributed by atoms with Gasteiger partial charge in [0.15, 0.2) is 5.65 Å². The summed E-state index contributed by atoms with van der Waals surface area (Å²) in [7, 11) is 0. The number of hydrogen-bond acceptors (Lipinski definition) is 6. The fraction of sp³-hybridized carbons (Fsp3) is 0.261. The first kappa shape index (κ1) is 18.9. The van der Waals surface area contributed by atoms with Gasteiger partial charge in [0, 0.05) is 36.6 Å². The Morgan fingerprint density at radius 2 is 2.00 bits per heavy atom. The highest BCUT2D eigenvalue weighted by Crippen LogP contribution is 2.25. The first-order chi connectivity index (χ1) is 15.7. The van der Waals surface area contributed by atoms with Crippen molar-refractivity contribution < 1.29 is 4.74 Å². The molecule has 0 spiro atoms. The number of aromatic nitrogens is 7. The molecule has 1 aliphatic heterocycles. The molecule has 0 bridgehead atoms. The molecule has 1 aromatic carbocycles. The zero-order valence-corrected chi connectivity index (χ0v) is 17.3. The Bertz CT molecular complexity index is 1480. The third-order valence-corrected chi connectivity index (χ3v) is 5.94. The number of pyridine rings is 2. The molecule has 0 radical (unpaired) electrons. The molecule has 0 unspecified atom stereocenters. The fourth-order valence-electron chi connectivity index (χ4n) is 4.22. The zero-order chi connectivity index (χ0) is 21.5. The average molecular weight is 427 g/mol. The molecule has 1 fully saturated rings. The van der Waals surface area contributed by atoms with E-state index in [9.17, 15) is 4.79 Å². The number of aromatic amines is 1. The van der Waals surface area contributed by atoms with Gasteiger partial charge >= 0.3 is 0 Å². The third kappa shape index (κ3) is 3.46. The summed E-state index contributed by atoms with van der Waals surface area (Å²) in [6, 6.07) is 13.6. The molecule has 1 N–H and O–H groups in total. The van der Waals surface area contributed by atoms with Gasteiger partial charge < -0.3 is 9.72 Å². The van der Waals surface area contributed by atoms with Crippen LogP contribution in [0.2, 0.25) is 0 Å². The lowest BCUT2D eigenvalue weighted by Crippen LogP contribution is -2.19. The van der Waals surface area contributed by atoms with E-state index in [1.807, 2.05) is 47.3 Å². The molecule has 32 heavy (non-hydrogen) atoms. The molecule has 4 aromatic heterocycles. The van der Waals surface area contributed by atoms with Crippen molar-refractivity contribution in [3.05, 3.63) is 70.8 Å². The maximum atomic E-state index is 11.5. The molecule has 1 saturated heterocycles.